The number of hydroxylamine groups is 3. The van der Waals surface area contributed by atoms with Crippen molar-refractivity contribution in [2.75, 3.05) is 58.3 Å². The van der Waals surface area contributed by atoms with Gasteiger partial charge in [0, 0.05) is 60.7 Å². The van der Waals surface area contributed by atoms with Crippen molar-refractivity contribution < 1.29 is 17.8 Å². The quantitative estimate of drug-likeness (QED) is 0.295. The van der Waals surface area contributed by atoms with Crippen LogP contribution in [0.3, 0.4) is 0 Å². The van der Waals surface area contributed by atoms with Gasteiger partial charge in [-0.15, -0.1) is 0 Å². The lowest BCUT2D eigenvalue weighted by Gasteiger charge is -2.46. The van der Waals surface area contributed by atoms with Gasteiger partial charge in [0.15, 0.2) is 0 Å². The predicted molar refractivity (Wildman–Crippen MR) is 163 cm³/mol. The summed E-state index contributed by atoms with van der Waals surface area (Å²) < 4.78 is 35.1. The fourth-order valence-electron chi connectivity index (χ4n) is 5.28. The first-order valence-electron chi connectivity index (χ1n) is 14.1. The topological polar surface area (TPSA) is 84.9 Å². The number of rotatable bonds is 12. The molecule has 9 heteroatoms. The second-order valence-corrected chi connectivity index (χ2v) is 12.2. The minimum atomic E-state index is -3.70. The van der Waals surface area contributed by atoms with Crippen LogP contribution in [0.25, 0.3) is 5.57 Å². The molecular weight excluding hydrogens is 524 g/mol. The van der Waals surface area contributed by atoms with E-state index in [1.165, 1.54) is 0 Å². The molecule has 1 aliphatic carbocycles. The monoisotopic (exact) mass is 566 g/mol. The maximum atomic E-state index is 13.5. The second-order valence-electron chi connectivity index (χ2n) is 10.4. The van der Waals surface area contributed by atoms with E-state index in [1.807, 2.05) is 69.3 Å². The van der Waals surface area contributed by atoms with Crippen LogP contribution >= 0.6 is 0 Å². The van der Waals surface area contributed by atoms with Gasteiger partial charge in [-0.2, -0.15) is 0 Å². The van der Waals surface area contributed by atoms with Crippen molar-refractivity contribution in [2.45, 2.75) is 38.6 Å². The molecule has 1 aliphatic heterocycles. The summed E-state index contributed by atoms with van der Waals surface area (Å²) in [6.45, 7) is 11.6. The predicted octanol–water partition coefficient (Wildman–Crippen LogP) is 4.74. The molecule has 2 aromatic carbocycles. The molecule has 0 amide bonds. The van der Waals surface area contributed by atoms with Crippen molar-refractivity contribution in [3.8, 4) is 5.75 Å². The van der Waals surface area contributed by atoms with E-state index in [9.17, 15) is 13.6 Å². The number of hydrogen-bond donors (Lipinski definition) is 1. The number of nitrogens with zero attached hydrogens (tertiary/aromatic N) is 3. The molecular formula is C31H42N4O4S. The molecule has 0 bridgehead atoms. The minimum Gasteiger partial charge on any atom is -0.632 e. The number of anilines is 1. The zero-order chi connectivity index (χ0) is 29.1. The summed E-state index contributed by atoms with van der Waals surface area (Å²) in [7, 11) is 0.111. The summed E-state index contributed by atoms with van der Waals surface area (Å²) in [4.78, 5) is 4.39. The molecule has 1 N–H and O–H groups in total. The highest BCUT2D eigenvalue weighted by molar-refractivity contribution is 7.89. The fraction of sp³-hybridized carbons (Fsp3) is 0.419. The number of ether oxygens (including phenoxy) is 1. The summed E-state index contributed by atoms with van der Waals surface area (Å²) in [5, 5.41) is 13.5. The van der Waals surface area contributed by atoms with E-state index in [0.29, 0.717) is 37.7 Å². The summed E-state index contributed by atoms with van der Waals surface area (Å²) in [5.41, 5.74) is 4.43. The largest absolute Gasteiger partial charge is 0.632 e. The third-order valence-electron chi connectivity index (χ3n) is 7.80. The molecule has 2 aliphatic rings. The highest BCUT2D eigenvalue weighted by atomic mass is 32.2. The standard InChI is InChI=1S/C31H42N4O4S/c1-7-34(8-2)24-14-16-27-29(21-24)39-30-22-25(35(36,9-3)10-4)15-17-28(30)31(27)23-12-11-13-26(20-23)40(37,38)32-18-19-33(5)6/h11-17,20-22,25,32H,7-10,18-19H2,1-6H3. The molecule has 40 heavy (non-hydrogen) atoms. The van der Waals surface area contributed by atoms with Crippen molar-refractivity contribution in [1.82, 2.24) is 9.62 Å². The van der Waals surface area contributed by atoms with E-state index in [1.54, 1.807) is 18.2 Å². The van der Waals surface area contributed by atoms with Crippen LogP contribution in [0, 0.1) is 5.21 Å². The molecule has 1 atom stereocenters. The highest BCUT2D eigenvalue weighted by Crippen LogP contribution is 2.45. The number of benzene rings is 2. The van der Waals surface area contributed by atoms with Crippen molar-refractivity contribution in [3.05, 3.63) is 88.4 Å². The lowest BCUT2D eigenvalue weighted by atomic mass is 9.86. The SMILES string of the molecule is CCN(CC)c1ccc2c(c1)OC1=CC([N+]([O-])(CC)CC)C=CC1=C2c1cccc(S(=O)(=O)NCCN(C)C)c1. The second kappa shape index (κ2) is 12.3. The van der Waals surface area contributed by atoms with Gasteiger partial charge in [0.1, 0.15) is 17.6 Å². The first kappa shape index (κ1) is 30.0. The number of nitrogens with one attached hydrogen (secondary N) is 1. The molecule has 4 rings (SSSR count). The number of quaternary nitrogens is 1. The van der Waals surface area contributed by atoms with Crippen molar-refractivity contribution in [2.24, 2.45) is 0 Å². The number of sulfonamides is 1. The van der Waals surface area contributed by atoms with Gasteiger partial charge < -0.3 is 24.4 Å². The molecule has 1 unspecified atom stereocenters. The van der Waals surface area contributed by atoms with Crippen LogP contribution in [0.2, 0.25) is 0 Å². The Kier molecular flexibility index (Phi) is 9.22. The Morgan fingerprint density at radius 1 is 1.02 bits per heavy atom. The van der Waals surface area contributed by atoms with Gasteiger partial charge in [0.2, 0.25) is 10.0 Å². The third-order valence-corrected chi connectivity index (χ3v) is 9.26. The summed E-state index contributed by atoms with van der Waals surface area (Å²) in [6.07, 6.45) is 5.83. The van der Waals surface area contributed by atoms with E-state index in [2.05, 4.69) is 29.5 Å². The normalized spacial score (nSPS) is 16.9. The molecule has 0 saturated carbocycles. The van der Waals surface area contributed by atoms with Gasteiger partial charge in [-0.1, -0.05) is 12.1 Å². The van der Waals surface area contributed by atoms with Gasteiger partial charge >= 0.3 is 0 Å². The smallest absolute Gasteiger partial charge is 0.240 e. The van der Waals surface area contributed by atoms with E-state index in [-0.39, 0.29) is 15.6 Å². The summed E-state index contributed by atoms with van der Waals surface area (Å²) in [6, 6.07) is 12.8. The molecule has 0 aromatic heterocycles. The molecule has 1 heterocycles. The molecule has 216 valence electrons. The van der Waals surface area contributed by atoms with Gasteiger partial charge in [0.05, 0.1) is 18.0 Å². The van der Waals surface area contributed by atoms with Gasteiger partial charge in [-0.25, -0.2) is 13.1 Å². The van der Waals surface area contributed by atoms with E-state index in [0.717, 1.165) is 41.1 Å². The average Bonchev–Trinajstić information content (AvgIpc) is 2.95. The van der Waals surface area contributed by atoms with Crippen molar-refractivity contribution in [1.29, 1.82) is 0 Å². The Labute approximate surface area is 239 Å². The Morgan fingerprint density at radius 2 is 1.75 bits per heavy atom. The number of likely N-dealkylation sites (N-methyl/N-ethyl adjacent to an activating group) is 2. The van der Waals surface area contributed by atoms with Crippen LogP contribution in [0.15, 0.2) is 76.9 Å². The van der Waals surface area contributed by atoms with Crippen molar-refractivity contribution >= 4 is 21.3 Å². The number of hydrogen-bond acceptors (Lipinski definition) is 6. The van der Waals surface area contributed by atoms with E-state index < -0.39 is 10.0 Å². The Balaban J connectivity index is 1.85. The van der Waals surface area contributed by atoms with Crippen molar-refractivity contribution in [3.63, 3.8) is 0 Å². The zero-order valence-electron chi connectivity index (χ0n) is 24.5. The first-order valence-corrected chi connectivity index (χ1v) is 15.6. The van der Waals surface area contributed by atoms with Gasteiger partial charge in [-0.3, -0.25) is 0 Å². The maximum Gasteiger partial charge on any atom is 0.240 e. The Hall–Kier alpha value is -2.95. The molecule has 0 spiro atoms. The van der Waals surface area contributed by atoms with Crippen LogP contribution in [0.1, 0.15) is 38.8 Å². The lowest BCUT2D eigenvalue weighted by Crippen LogP contribution is -2.49. The minimum absolute atomic E-state index is 0.208. The first-order chi connectivity index (χ1) is 19.1. The average molecular weight is 567 g/mol. The molecule has 0 saturated heterocycles. The fourth-order valence-corrected chi connectivity index (χ4v) is 6.35. The van der Waals surface area contributed by atoms with Gasteiger partial charge in [-0.05, 0) is 83.8 Å². The third kappa shape index (κ3) is 6.04. The number of allylic oxidation sites excluding steroid dienone is 1. The summed E-state index contributed by atoms with van der Waals surface area (Å²) in [5.74, 6) is 1.32. The highest BCUT2D eigenvalue weighted by Gasteiger charge is 2.32. The van der Waals surface area contributed by atoms with Crippen LogP contribution < -0.4 is 14.4 Å². The zero-order valence-corrected chi connectivity index (χ0v) is 25.3. The van der Waals surface area contributed by atoms with E-state index in [4.69, 9.17) is 4.74 Å². The van der Waals surface area contributed by atoms with Crippen LogP contribution in [-0.2, 0) is 10.0 Å². The Bertz CT molecular complexity index is 1420. The molecule has 2 aromatic rings. The number of fused-ring (bicyclic) bond motifs is 2. The lowest BCUT2D eigenvalue weighted by molar-refractivity contribution is -0.888. The molecule has 0 fully saturated rings. The Morgan fingerprint density at radius 3 is 2.40 bits per heavy atom. The maximum absolute atomic E-state index is 13.5. The van der Waals surface area contributed by atoms with Crippen LogP contribution in [0.4, 0.5) is 5.69 Å². The van der Waals surface area contributed by atoms with Crippen LogP contribution in [0.5, 0.6) is 5.75 Å². The summed E-state index contributed by atoms with van der Waals surface area (Å²) >= 11 is 0. The van der Waals surface area contributed by atoms with E-state index >= 15 is 0 Å². The van der Waals surface area contributed by atoms with Crippen LogP contribution in [-0.4, -0.2) is 77.4 Å². The van der Waals surface area contributed by atoms with Gasteiger partial charge in [0.25, 0.3) is 0 Å². The molecule has 8 nitrogen and oxygen atoms in total. The molecule has 0 radical (unpaired) electrons.